The standard InChI is InChI=1S/C20H23N3O7/c1-28-14-5-3-4-11(17(14)29-2)6-9-15(25)30-10-13(24)16-18(21)23(12-7-8-12)20(27)22-19(16)26/h3-5,12H,6-10,21H2,1-2H3,(H,22,26,27). The van der Waals surface area contributed by atoms with Crippen LogP contribution in [0.2, 0.25) is 0 Å². The number of nitrogens with two attached hydrogens (primary N) is 1. The monoisotopic (exact) mass is 417 g/mol. The highest BCUT2D eigenvalue weighted by atomic mass is 16.5. The number of hydrogen-bond donors (Lipinski definition) is 2. The first-order chi connectivity index (χ1) is 14.4. The molecule has 10 nitrogen and oxygen atoms in total. The molecule has 0 atom stereocenters. The van der Waals surface area contributed by atoms with Crippen molar-refractivity contribution in [1.29, 1.82) is 0 Å². The normalized spacial score (nSPS) is 13.0. The number of nitrogen functional groups attached to an aromatic ring is 1. The maximum atomic E-state index is 12.4. The zero-order chi connectivity index (χ0) is 21.8. The van der Waals surface area contributed by atoms with Crippen molar-refractivity contribution in [2.75, 3.05) is 26.6 Å². The number of methoxy groups -OCH3 is 2. The van der Waals surface area contributed by atoms with E-state index in [1.54, 1.807) is 18.2 Å². The summed E-state index contributed by atoms with van der Waals surface area (Å²) in [4.78, 5) is 50.6. The van der Waals surface area contributed by atoms with Crippen LogP contribution < -0.4 is 26.5 Å². The molecule has 10 heteroatoms. The molecule has 1 aliphatic rings. The number of nitrogens with zero attached hydrogens (tertiary/aromatic N) is 1. The summed E-state index contributed by atoms with van der Waals surface area (Å²) in [5, 5.41) is 0. The molecule has 1 aliphatic carbocycles. The molecule has 3 N–H and O–H groups in total. The van der Waals surface area contributed by atoms with Crippen LogP contribution in [0.1, 0.15) is 41.2 Å². The average molecular weight is 417 g/mol. The molecule has 1 saturated carbocycles. The number of aromatic nitrogens is 2. The Morgan fingerprint density at radius 1 is 1.20 bits per heavy atom. The zero-order valence-electron chi connectivity index (χ0n) is 16.7. The van der Waals surface area contributed by atoms with Gasteiger partial charge in [-0.1, -0.05) is 12.1 Å². The molecule has 0 radical (unpaired) electrons. The van der Waals surface area contributed by atoms with Crippen LogP contribution in [0.5, 0.6) is 11.5 Å². The van der Waals surface area contributed by atoms with E-state index in [0.717, 1.165) is 18.4 Å². The van der Waals surface area contributed by atoms with E-state index in [1.807, 2.05) is 0 Å². The fraction of sp³-hybridized carbons (Fsp3) is 0.400. The Labute approximate surface area is 171 Å². The number of nitrogens with one attached hydrogen (secondary N) is 1. The van der Waals surface area contributed by atoms with Crippen LogP contribution in [0.4, 0.5) is 5.82 Å². The van der Waals surface area contributed by atoms with Gasteiger partial charge in [-0.2, -0.15) is 0 Å². The van der Waals surface area contributed by atoms with Crippen molar-refractivity contribution in [3.8, 4) is 11.5 Å². The number of rotatable bonds is 9. The lowest BCUT2D eigenvalue weighted by Gasteiger charge is -2.12. The van der Waals surface area contributed by atoms with Crippen molar-refractivity contribution in [2.45, 2.75) is 31.7 Å². The number of ether oxygens (including phenoxy) is 3. The second kappa shape index (κ2) is 8.85. The van der Waals surface area contributed by atoms with Crippen LogP contribution >= 0.6 is 0 Å². The molecule has 160 valence electrons. The Balaban J connectivity index is 1.64. The number of aromatic amines is 1. The minimum absolute atomic E-state index is 0.00970. The van der Waals surface area contributed by atoms with E-state index in [0.29, 0.717) is 17.9 Å². The summed E-state index contributed by atoms with van der Waals surface area (Å²) in [6, 6.07) is 5.18. The van der Waals surface area contributed by atoms with Gasteiger partial charge in [0.1, 0.15) is 11.4 Å². The molecule has 0 saturated heterocycles. The third-order valence-corrected chi connectivity index (χ3v) is 4.82. The SMILES string of the molecule is COc1cccc(CCC(=O)OCC(=O)c2c(N)n(C3CC3)c(=O)[nH]c2=O)c1OC. The van der Waals surface area contributed by atoms with E-state index in [-0.39, 0.29) is 23.8 Å². The van der Waals surface area contributed by atoms with Gasteiger partial charge in [-0.3, -0.25) is 23.9 Å². The van der Waals surface area contributed by atoms with Crippen molar-refractivity contribution in [3.05, 3.63) is 50.2 Å². The van der Waals surface area contributed by atoms with Gasteiger partial charge in [0, 0.05) is 12.5 Å². The number of benzene rings is 1. The Morgan fingerprint density at radius 2 is 1.93 bits per heavy atom. The molecular weight excluding hydrogens is 394 g/mol. The van der Waals surface area contributed by atoms with Gasteiger partial charge in [0.2, 0.25) is 5.78 Å². The van der Waals surface area contributed by atoms with Crippen LogP contribution in [0.15, 0.2) is 27.8 Å². The van der Waals surface area contributed by atoms with E-state index in [1.165, 1.54) is 18.8 Å². The molecule has 1 aromatic carbocycles. The molecular formula is C20H23N3O7. The van der Waals surface area contributed by atoms with Crippen molar-refractivity contribution >= 4 is 17.6 Å². The number of carbonyl (C=O) groups excluding carboxylic acids is 2. The van der Waals surface area contributed by atoms with Crippen molar-refractivity contribution in [2.24, 2.45) is 0 Å². The highest BCUT2D eigenvalue weighted by Gasteiger charge is 2.30. The molecule has 1 fully saturated rings. The number of para-hydroxylation sites is 1. The largest absolute Gasteiger partial charge is 0.493 e. The van der Waals surface area contributed by atoms with Crippen LogP contribution in [0.3, 0.4) is 0 Å². The number of H-pyrrole nitrogens is 1. The number of aryl methyl sites for hydroxylation is 1. The Morgan fingerprint density at radius 3 is 2.57 bits per heavy atom. The number of anilines is 1. The third-order valence-electron chi connectivity index (χ3n) is 4.82. The fourth-order valence-electron chi connectivity index (χ4n) is 3.21. The van der Waals surface area contributed by atoms with Gasteiger partial charge < -0.3 is 19.9 Å². The van der Waals surface area contributed by atoms with Crippen molar-refractivity contribution < 1.29 is 23.8 Å². The fourth-order valence-corrected chi connectivity index (χ4v) is 3.21. The predicted molar refractivity (Wildman–Crippen MR) is 107 cm³/mol. The zero-order valence-corrected chi connectivity index (χ0v) is 16.7. The summed E-state index contributed by atoms with van der Waals surface area (Å²) in [6.45, 7) is -0.649. The van der Waals surface area contributed by atoms with Crippen LogP contribution in [0.25, 0.3) is 0 Å². The van der Waals surface area contributed by atoms with E-state index < -0.39 is 29.6 Å². The quantitative estimate of drug-likeness (QED) is 0.451. The second-order valence-corrected chi connectivity index (χ2v) is 6.86. The van der Waals surface area contributed by atoms with Crippen LogP contribution in [-0.4, -0.2) is 42.1 Å². The van der Waals surface area contributed by atoms with Crippen molar-refractivity contribution in [1.82, 2.24) is 9.55 Å². The van der Waals surface area contributed by atoms with Gasteiger partial charge in [-0.25, -0.2) is 4.79 Å². The maximum absolute atomic E-state index is 12.4. The van der Waals surface area contributed by atoms with Gasteiger partial charge in [0.15, 0.2) is 18.1 Å². The Kier molecular flexibility index (Phi) is 6.24. The minimum atomic E-state index is -0.892. The van der Waals surface area contributed by atoms with E-state index in [9.17, 15) is 19.2 Å². The minimum Gasteiger partial charge on any atom is -0.493 e. The smallest absolute Gasteiger partial charge is 0.330 e. The Hall–Kier alpha value is -3.56. The highest BCUT2D eigenvalue weighted by Crippen LogP contribution is 2.35. The molecule has 1 aromatic heterocycles. The molecule has 0 amide bonds. The van der Waals surface area contributed by atoms with Gasteiger partial charge in [-0.05, 0) is 30.9 Å². The molecule has 2 aromatic rings. The first-order valence-electron chi connectivity index (χ1n) is 9.40. The highest BCUT2D eigenvalue weighted by molar-refractivity contribution is 6.01. The van der Waals surface area contributed by atoms with Gasteiger partial charge in [-0.15, -0.1) is 0 Å². The van der Waals surface area contributed by atoms with Gasteiger partial charge in [0.25, 0.3) is 5.56 Å². The van der Waals surface area contributed by atoms with Gasteiger partial charge >= 0.3 is 11.7 Å². The van der Waals surface area contributed by atoms with Gasteiger partial charge in [0.05, 0.1) is 14.2 Å². The number of esters is 1. The van der Waals surface area contributed by atoms with Crippen LogP contribution in [0, 0.1) is 0 Å². The first kappa shape index (κ1) is 21.2. The van der Waals surface area contributed by atoms with E-state index in [4.69, 9.17) is 19.9 Å². The summed E-state index contributed by atoms with van der Waals surface area (Å²) >= 11 is 0. The molecule has 3 rings (SSSR count). The molecule has 1 heterocycles. The van der Waals surface area contributed by atoms with E-state index in [2.05, 4.69) is 4.98 Å². The van der Waals surface area contributed by atoms with Crippen LogP contribution in [-0.2, 0) is 16.0 Å². The third kappa shape index (κ3) is 4.37. The average Bonchev–Trinajstić information content (AvgIpc) is 3.54. The number of hydrogen-bond acceptors (Lipinski definition) is 8. The number of Topliss-reactive ketones (excluding diaryl/α,β-unsaturated/α-hetero) is 1. The lowest BCUT2D eigenvalue weighted by molar-refractivity contribution is -0.142. The lowest BCUT2D eigenvalue weighted by atomic mass is 10.1. The molecule has 0 aliphatic heterocycles. The molecule has 0 unspecified atom stereocenters. The molecule has 0 bridgehead atoms. The summed E-state index contributed by atoms with van der Waals surface area (Å²) in [7, 11) is 3.02. The molecule has 0 spiro atoms. The van der Waals surface area contributed by atoms with Crippen molar-refractivity contribution in [3.63, 3.8) is 0 Å². The summed E-state index contributed by atoms with van der Waals surface area (Å²) in [5.41, 5.74) is 4.71. The topological polar surface area (TPSA) is 143 Å². The number of ketones is 1. The predicted octanol–water partition coefficient (Wildman–Crippen LogP) is 0.830. The Bertz CT molecular complexity index is 1080. The second-order valence-electron chi connectivity index (χ2n) is 6.86. The summed E-state index contributed by atoms with van der Waals surface area (Å²) in [5.74, 6) is -0.535. The maximum Gasteiger partial charge on any atom is 0.330 e. The number of carbonyl (C=O) groups is 2. The molecule has 30 heavy (non-hydrogen) atoms. The first-order valence-corrected chi connectivity index (χ1v) is 9.40. The summed E-state index contributed by atoms with van der Waals surface area (Å²) in [6.07, 6.45) is 1.78. The van der Waals surface area contributed by atoms with E-state index >= 15 is 0 Å². The summed E-state index contributed by atoms with van der Waals surface area (Å²) < 4.78 is 16.7. The lowest BCUT2D eigenvalue weighted by Crippen LogP contribution is -2.36.